The Hall–Kier alpha value is -2.48. The number of anilines is 3. The van der Waals surface area contributed by atoms with E-state index in [1.807, 2.05) is 12.1 Å². The van der Waals surface area contributed by atoms with E-state index in [0.29, 0.717) is 12.0 Å². The van der Waals surface area contributed by atoms with Gasteiger partial charge in [-0.25, -0.2) is 9.97 Å². The molecule has 8 nitrogen and oxygen atoms in total. The zero-order valence-electron chi connectivity index (χ0n) is 16.5. The first-order chi connectivity index (χ1) is 13.7. The Morgan fingerprint density at radius 2 is 1.93 bits per heavy atom. The van der Waals surface area contributed by atoms with E-state index < -0.39 is 0 Å². The van der Waals surface area contributed by atoms with Crippen molar-refractivity contribution >= 4 is 17.5 Å². The molecule has 4 heterocycles. The van der Waals surface area contributed by atoms with E-state index in [2.05, 4.69) is 48.0 Å². The molecule has 2 unspecified atom stereocenters. The number of hydrogen-bond donors (Lipinski definition) is 1. The van der Waals surface area contributed by atoms with Crippen LogP contribution in [-0.2, 0) is 0 Å². The fourth-order valence-electron chi connectivity index (χ4n) is 4.25. The summed E-state index contributed by atoms with van der Waals surface area (Å²) in [6, 6.07) is 6.41. The molecule has 28 heavy (non-hydrogen) atoms. The van der Waals surface area contributed by atoms with Gasteiger partial charge in [0.05, 0.1) is 0 Å². The Bertz CT molecular complexity index is 759. The Morgan fingerprint density at radius 3 is 2.71 bits per heavy atom. The normalized spacial score (nSPS) is 22.9. The minimum Gasteiger partial charge on any atom is -0.396 e. The van der Waals surface area contributed by atoms with E-state index in [1.54, 1.807) is 12.5 Å². The van der Waals surface area contributed by atoms with Crippen molar-refractivity contribution in [3.8, 4) is 0 Å². The second-order valence-electron chi connectivity index (χ2n) is 7.81. The molecule has 2 aliphatic rings. The summed E-state index contributed by atoms with van der Waals surface area (Å²) in [5.41, 5.74) is 0. The zero-order valence-corrected chi connectivity index (χ0v) is 16.5. The molecule has 4 rings (SSSR count). The molecular formula is C20H29N7O. The van der Waals surface area contributed by atoms with Gasteiger partial charge in [-0.1, -0.05) is 0 Å². The van der Waals surface area contributed by atoms with Crippen LogP contribution in [0.4, 0.5) is 17.5 Å². The molecule has 0 bridgehead atoms. The van der Waals surface area contributed by atoms with Crippen molar-refractivity contribution in [2.75, 3.05) is 54.5 Å². The van der Waals surface area contributed by atoms with Gasteiger partial charge in [0, 0.05) is 58.1 Å². The molecule has 8 heteroatoms. The molecular weight excluding hydrogens is 354 g/mol. The molecule has 0 amide bonds. The average Bonchev–Trinajstić information content (AvgIpc) is 2.79. The van der Waals surface area contributed by atoms with Crippen LogP contribution in [-0.4, -0.2) is 71.1 Å². The van der Waals surface area contributed by atoms with Gasteiger partial charge in [-0.3, -0.25) is 0 Å². The summed E-state index contributed by atoms with van der Waals surface area (Å²) in [7, 11) is 2.11. The average molecular weight is 384 g/mol. The largest absolute Gasteiger partial charge is 0.396 e. The Balaban J connectivity index is 1.46. The van der Waals surface area contributed by atoms with Crippen molar-refractivity contribution in [2.24, 2.45) is 5.92 Å². The van der Waals surface area contributed by atoms with Gasteiger partial charge in [-0.15, -0.1) is 5.10 Å². The predicted molar refractivity (Wildman–Crippen MR) is 110 cm³/mol. The minimum absolute atomic E-state index is 0.245. The summed E-state index contributed by atoms with van der Waals surface area (Å²) in [6.07, 6.45) is 7.80. The van der Waals surface area contributed by atoms with Gasteiger partial charge >= 0.3 is 0 Å². The van der Waals surface area contributed by atoms with Crippen LogP contribution in [0.1, 0.15) is 25.7 Å². The highest BCUT2D eigenvalue weighted by molar-refractivity contribution is 5.51. The van der Waals surface area contributed by atoms with E-state index in [4.69, 9.17) is 0 Å². The summed E-state index contributed by atoms with van der Waals surface area (Å²) < 4.78 is 0. The highest BCUT2D eigenvalue weighted by Gasteiger charge is 2.26. The van der Waals surface area contributed by atoms with Crippen LogP contribution in [0.15, 0.2) is 30.7 Å². The number of likely N-dealkylation sites (N-methyl/N-ethyl adjacent to an activating group) is 1. The first-order valence-corrected chi connectivity index (χ1v) is 10.2. The number of hydrogen-bond acceptors (Lipinski definition) is 8. The van der Waals surface area contributed by atoms with Gasteiger partial charge in [0.15, 0.2) is 5.82 Å². The van der Waals surface area contributed by atoms with Crippen LogP contribution in [0.25, 0.3) is 0 Å². The number of aliphatic hydroxyl groups is 1. The molecule has 2 atom stereocenters. The summed E-state index contributed by atoms with van der Waals surface area (Å²) in [6.45, 7) is 4.01. The lowest BCUT2D eigenvalue weighted by Gasteiger charge is -2.39. The maximum atomic E-state index is 9.51. The Morgan fingerprint density at radius 1 is 1.11 bits per heavy atom. The van der Waals surface area contributed by atoms with Crippen LogP contribution in [0.2, 0.25) is 0 Å². The zero-order chi connectivity index (χ0) is 19.3. The van der Waals surface area contributed by atoms with E-state index in [0.717, 1.165) is 69.3 Å². The summed E-state index contributed by atoms with van der Waals surface area (Å²) in [4.78, 5) is 15.9. The molecule has 0 radical (unpaired) electrons. The summed E-state index contributed by atoms with van der Waals surface area (Å²) in [5.74, 6) is 3.18. The minimum atomic E-state index is 0.245. The predicted octanol–water partition coefficient (Wildman–Crippen LogP) is 1.58. The molecule has 0 spiro atoms. The summed E-state index contributed by atoms with van der Waals surface area (Å²) >= 11 is 0. The van der Waals surface area contributed by atoms with Crippen LogP contribution in [0, 0.1) is 5.92 Å². The van der Waals surface area contributed by atoms with Crippen molar-refractivity contribution in [1.82, 2.24) is 20.2 Å². The highest BCUT2D eigenvalue weighted by atomic mass is 16.3. The van der Waals surface area contributed by atoms with Gasteiger partial charge in [0.2, 0.25) is 0 Å². The summed E-state index contributed by atoms with van der Waals surface area (Å²) in [5, 5.41) is 17.8. The molecule has 2 aromatic heterocycles. The van der Waals surface area contributed by atoms with Gasteiger partial charge in [0.1, 0.15) is 18.0 Å². The lowest BCUT2D eigenvalue weighted by atomic mass is 9.99. The first kappa shape index (κ1) is 18.9. The maximum absolute atomic E-state index is 9.51. The lowest BCUT2D eigenvalue weighted by molar-refractivity contribution is 0.208. The van der Waals surface area contributed by atoms with Crippen molar-refractivity contribution in [1.29, 1.82) is 0 Å². The standard InChI is InChI=1S/C20H29N7O/c1-25(17-6-4-10-27(13-17)18-7-2-8-23-24-18)19-11-20(22-15-21-19)26-9-3-5-16(12-26)14-28/h2,7-8,11,15-17,28H,3-6,9-10,12-14H2,1H3. The van der Waals surface area contributed by atoms with Crippen molar-refractivity contribution < 1.29 is 5.11 Å². The quantitative estimate of drug-likeness (QED) is 0.833. The molecule has 2 saturated heterocycles. The fourth-order valence-corrected chi connectivity index (χ4v) is 4.25. The third-order valence-electron chi connectivity index (χ3n) is 5.93. The van der Waals surface area contributed by atoms with Crippen LogP contribution in [0.3, 0.4) is 0 Å². The van der Waals surface area contributed by atoms with Crippen molar-refractivity contribution in [3.63, 3.8) is 0 Å². The topological polar surface area (TPSA) is 81.5 Å². The molecule has 2 fully saturated rings. The van der Waals surface area contributed by atoms with E-state index in [9.17, 15) is 5.11 Å². The lowest BCUT2D eigenvalue weighted by Crippen LogP contribution is -2.47. The maximum Gasteiger partial charge on any atom is 0.151 e. The van der Waals surface area contributed by atoms with Gasteiger partial charge in [0.25, 0.3) is 0 Å². The van der Waals surface area contributed by atoms with E-state index in [-0.39, 0.29) is 6.61 Å². The number of nitrogens with zero attached hydrogens (tertiary/aromatic N) is 7. The number of aliphatic hydroxyl groups excluding tert-OH is 1. The molecule has 2 aromatic rings. The number of aromatic nitrogens is 4. The van der Waals surface area contributed by atoms with Gasteiger partial charge in [-0.2, -0.15) is 5.10 Å². The third kappa shape index (κ3) is 4.16. The van der Waals surface area contributed by atoms with Crippen LogP contribution < -0.4 is 14.7 Å². The molecule has 2 aliphatic heterocycles. The number of rotatable bonds is 5. The highest BCUT2D eigenvalue weighted by Crippen LogP contribution is 2.26. The molecule has 150 valence electrons. The Kier molecular flexibility index (Phi) is 5.85. The molecule has 0 aliphatic carbocycles. The monoisotopic (exact) mass is 383 g/mol. The first-order valence-electron chi connectivity index (χ1n) is 10.2. The van der Waals surface area contributed by atoms with Gasteiger partial charge in [-0.05, 0) is 43.7 Å². The number of piperidine rings is 2. The van der Waals surface area contributed by atoms with Crippen LogP contribution in [0.5, 0.6) is 0 Å². The fraction of sp³-hybridized carbons (Fsp3) is 0.600. The third-order valence-corrected chi connectivity index (χ3v) is 5.93. The second kappa shape index (κ2) is 8.68. The SMILES string of the molecule is CN(c1cc(N2CCCC(CO)C2)ncn1)C1CCCN(c2cccnn2)C1. The van der Waals surface area contributed by atoms with Gasteiger partial charge < -0.3 is 19.8 Å². The Labute approximate surface area is 166 Å². The smallest absolute Gasteiger partial charge is 0.151 e. The molecule has 0 saturated carbocycles. The van der Waals surface area contributed by atoms with E-state index >= 15 is 0 Å². The second-order valence-corrected chi connectivity index (χ2v) is 7.81. The van der Waals surface area contributed by atoms with Crippen molar-refractivity contribution in [2.45, 2.75) is 31.7 Å². The molecule has 0 aromatic carbocycles. The van der Waals surface area contributed by atoms with E-state index in [1.165, 1.54) is 0 Å². The molecule has 1 N–H and O–H groups in total. The van der Waals surface area contributed by atoms with Crippen molar-refractivity contribution in [3.05, 3.63) is 30.7 Å². The van der Waals surface area contributed by atoms with Crippen LogP contribution >= 0.6 is 0 Å².